The van der Waals surface area contributed by atoms with Crippen LogP contribution in [0.15, 0.2) is 10.1 Å². The van der Waals surface area contributed by atoms with Gasteiger partial charge in [-0.05, 0) is 30.1 Å². The van der Waals surface area contributed by atoms with E-state index in [0.717, 1.165) is 0 Å². The number of fused-ring (bicyclic) bond motifs is 9. The Kier molecular flexibility index (Phi) is 2.91. The van der Waals surface area contributed by atoms with Crippen molar-refractivity contribution in [1.29, 1.82) is 0 Å². The summed E-state index contributed by atoms with van der Waals surface area (Å²) in [6, 6.07) is 0. The topological polar surface area (TPSA) is 40.5 Å². The highest BCUT2D eigenvalue weighted by Crippen LogP contribution is 2.82. The Labute approximate surface area is 145 Å². The van der Waals surface area contributed by atoms with Gasteiger partial charge in [0.2, 0.25) is 0 Å². The lowest BCUT2D eigenvalue weighted by atomic mass is 9.70. The molecule has 0 aromatic heterocycles. The van der Waals surface area contributed by atoms with Gasteiger partial charge in [0.15, 0.2) is 4.33 Å². The van der Waals surface area contributed by atoms with Crippen LogP contribution in [0.25, 0.3) is 0 Å². The van der Waals surface area contributed by atoms with Crippen LogP contribution in [0.2, 0.25) is 0 Å². The molecule has 0 radical (unpaired) electrons. The number of hydrogen-bond acceptors (Lipinski definition) is 2. The maximum absolute atomic E-state index is 10.2. The second-order valence-corrected chi connectivity index (χ2v) is 9.50. The first-order valence-corrected chi connectivity index (χ1v) is 8.56. The molecule has 8 atom stereocenters. The van der Waals surface area contributed by atoms with E-state index in [4.69, 9.17) is 69.6 Å². The third-order valence-corrected chi connectivity index (χ3v) is 10.0. The largest absolute Gasteiger partial charge is 0.390 e. The molecule has 3 saturated carbocycles. The van der Waals surface area contributed by atoms with Crippen LogP contribution in [0, 0.1) is 23.7 Å². The second-order valence-electron chi connectivity index (χ2n) is 6.22. The van der Waals surface area contributed by atoms with E-state index in [2.05, 4.69) is 0 Å². The van der Waals surface area contributed by atoms with Crippen LogP contribution in [0.4, 0.5) is 0 Å². The van der Waals surface area contributed by atoms with E-state index >= 15 is 0 Å². The molecule has 0 aromatic carbocycles. The molecule has 4 bridgehead atoms. The number of alkyl halides is 4. The molecule has 4 aliphatic rings. The minimum Gasteiger partial charge on any atom is -0.390 e. The van der Waals surface area contributed by atoms with Gasteiger partial charge in [0.25, 0.3) is 0 Å². The highest BCUT2D eigenvalue weighted by molar-refractivity contribution is 6.65. The molecule has 8 heteroatoms. The molecule has 2 nitrogen and oxygen atoms in total. The maximum Gasteiger partial charge on any atom is 0.166 e. The molecule has 0 saturated heterocycles. The summed E-state index contributed by atoms with van der Waals surface area (Å²) in [6.07, 6.45) is -1.09. The Morgan fingerprint density at radius 3 is 1.50 bits per heavy atom. The summed E-state index contributed by atoms with van der Waals surface area (Å²) >= 11 is 39.0. The van der Waals surface area contributed by atoms with E-state index in [1.165, 1.54) is 0 Å². The molecule has 4 aliphatic carbocycles. The Morgan fingerprint density at radius 1 is 0.800 bits per heavy atom. The van der Waals surface area contributed by atoms with Crippen molar-refractivity contribution in [2.75, 3.05) is 0 Å². The summed E-state index contributed by atoms with van der Waals surface area (Å²) < 4.78 is -1.58. The zero-order chi connectivity index (χ0) is 14.8. The summed E-state index contributed by atoms with van der Waals surface area (Å²) in [4.78, 5) is -2.64. The minimum absolute atomic E-state index is 0.163. The Morgan fingerprint density at radius 2 is 1.15 bits per heavy atom. The van der Waals surface area contributed by atoms with Crippen LogP contribution in [-0.4, -0.2) is 36.5 Å². The van der Waals surface area contributed by atoms with Crippen molar-refractivity contribution in [3.8, 4) is 0 Å². The lowest BCUT2D eigenvalue weighted by Gasteiger charge is -2.42. The fraction of sp³-hybridized carbons (Fsp3) is 0.833. The van der Waals surface area contributed by atoms with E-state index in [9.17, 15) is 10.2 Å². The van der Waals surface area contributed by atoms with Crippen molar-refractivity contribution >= 4 is 69.6 Å². The maximum atomic E-state index is 10.2. The fourth-order valence-corrected chi connectivity index (χ4v) is 8.14. The van der Waals surface area contributed by atoms with Crippen molar-refractivity contribution in [2.24, 2.45) is 23.7 Å². The molecular weight excluding hydrogens is 389 g/mol. The van der Waals surface area contributed by atoms with Gasteiger partial charge in [-0.2, -0.15) is 0 Å². The van der Waals surface area contributed by atoms with Crippen molar-refractivity contribution < 1.29 is 10.2 Å². The normalized spacial score (nSPS) is 62.4. The van der Waals surface area contributed by atoms with Crippen LogP contribution in [0.3, 0.4) is 0 Å². The van der Waals surface area contributed by atoms with Gasteiger partial charge < -0.3 is 10.2 Å². The predicted molar refractivity (Wildman–Crippen MR) is 80.9 cm³/mol. The zero-order valence-corrected chi connectivity index (χ0v) is 14.4. The average molecular weight is 399 g/mol. The number of allylic oxidation sites excluding steroid dienone is 2. The number of aliphatic hydroxyl groups excluding tert-OH is 2. The zero-order valence-electron chi connectivity index (χ0n) is 9.83. The van der Waals surface area contributed by atoms with E-state index < -0.39 is 26.3 Å². The van der Waals surface area contributed by atoms with Gasteiger partial charge >= 0.3 is 0 Å². The van der Waals surface area contributed by atoms with E-state index in [-0.39, 0.29) is 33.7 Å². The first-order chi connectivity index (χ1) is 9.11. The van der Waals surface area contributed by atoms with Crippen molar-refractivity contribution in [2.45, 2.75) is 32.7 Å². The third kappa shape index (κ3) is 1.16. The summed E-state index contributed by atoms with van der Waals surface area (Å²) in [5.74, 6) is -1.05. The van der Waals surface area contributed by atoms with Gasteiger partial charge in [-0.3, -0.25) is 0 Å². The predicted octanol–water partition coefficient (Wildman–Crippen LogP) is 3.44. The smallest absolute Gasteiger partial charge is 0.166 e. The molecule has 0 heterocycles. The van der Waals surface area contributed by atoms with Crippen LogP contribution < -0.4 is 0 Å². The Balaban J connectivity index is 1.98. The summed E-state index contributed by atoms with van der Waals surface area (Å²) in [5, 5.41) is 20.6. The molecule has 2 N–H and O–H groups in total. The van der Waals surface area contributed by atoms with Crippen LogP contribution in [0.5, 0.6) is 0 Å². The molecule has 0 aromatic rings. The first kappa shape index (κ1) is 15.0. The summed E-state index contributed by atoms with van der Waals surface area (Å²) in [5.41, 5.74) is 0. The standard InChI is InChI=1S/C12H10Cl6O2/c13-8-9(14)11(16)5-3-1-2(6(19)7(3)20)4(5)10(8,15)12(11,17)18/h2-7,19-20H,1H2/t2-,3+,4-,5+,6+,7-,10-,11-/m0/s1. The van der Waals surface area contributed by atoms with E-state index in [1.807, 2.05) is 0 Å². The lowest BCUT2D eigenvalue weighted by molar-refractivity contribution is -0.0559. The van der Waals surface area contributed by atoms with E-state index in [1.54, 1.807) is 0 Å². The molecule has 112 valence electrons. The minimum atomic E-state index is -1.58. The number of rotatable bonds is 0. The Bertz CT molecular complexity index is 506. The molecule has 0 amide bonds. The molecule has 20 heavy (non-hydrogen) atoms. The van der Waals surface area contributed by atoms with Gasteiger partial charge in [-0.25, -0.2) is 0 Å². The summed E-state index contributed by atoms with van der Waals surface area (Å²) in [7, 11) is 0. The van der Waals surface area contributed by atoms with Crippen LogP contribution in [0.1, 0.15) is 6.42 Å². The number of hydrogen-bond donors (Lipinski definition) is 2. The van der Waals surface area contributed by atoms with Crippen molar-refractivity contribution in [1.82, 2.24) is 0 Å². The van der Waals surface area contributed by atoms with Gasteiger partial charge in [0.05, 0.1) is 22.3 Å². The van der Waals surface area contributed by atoms with Gasteiger partial charge in [0, 0.05) is 0 Å². The number of aliphatic hydroxyl groups is 2. The molecule has 0 unspecified atom stereocenters. The Hall–Kier alpha value is 1.40. The molecule has 3 fully saturated rings. The number of halogens is 6. The monoisotopic (exact) mass is 396 g/mol. The van der Waals surface area contributed by atoms with Crippen molar-refractivity contribution in [3.05, 3.63) is 10.1 Å². The second kappa shape index (κ2) is 3.89. The quantitative estimate of drug-likeness (QED) is 0.484. The highest BCUT2D eigenvalue weighted by Gasteiger charge is 2.87. The molecule has 0 spiro atoms. The average Bonchev–Trinajstić information content (AvgIpc) is 2.97. The fourth-order valence-electron chi connectivity index (χ4n) is 5.01. The third-order valence-electron chi connectivity index (χ3n) is 5.75. The molecule has 4 rings (SSSR count). The highest BCUT2D eigenvalue weighted by atomic mass is 35.5. The van der Waals surface area contributed by atoms with Crippen molar-refractivity contribution in [3.63, 3.8) is 0 Å². The first-order valence-electron chi connectivity index (χ1n) is 6.29. The summed E-state index contributed by atoms with van der Waals surface area (Å²) in [6.45, 7) is 0. The van der Waals surface area contributed by atoms with Gasteiger partial charge in [-0.15, -0.1) is 23.2 Å². The van der Waals surface area contributed by atoms with Gasteiger partial charge in [0.1, 0.15) is 9.75 Å². The van der Waals surface area contributed by atoms with Crippen LogP contribution in [-0.2, 0) is 0 Å². The van der Waals surface area contributed by atoms with Crippen LogP contribution >= 0.6 is 69.6 Å². The lowest BCUT2D eigenvalue weighted by Crippen LogP contribution is -2.50. The van der Waals surface area contributed by atoms with E-state index in [0.29, 0.717) is 6.42 Å². The SMILES string of the molecule is O[C@@H]1[C@H](O)[C@H]2C[C@@H]1[C@@H]1[C@H]2[C@]2(Cl)C(Cl)=C(Cl)[C@]1(Cl)C2(Cl)Cl. The van der Waals surface area contributed by atoms with Gasteiger partial charge in [-0.1, -0.05) is 46.4 Å². The molecule has 0 aliphatic heterocycles. The molecular formula is C12H10Cl6O2.